The first kappa shape index (κ1) is 22.3. The fourth-order valence-electron chi connectivity index (χ4n) is 3.94. The van der Waals surface area contributed by atoms with Crippen molar-refractivity contribution in [1.29, 1.82) is 0 Å². The zero-order chi connectivity index (χ0) is 23.4. The Hall–Kier alpha value is -3.94. The molecule has 172 valence electrons. The van der Waals surface area contributed by atoms with E-state index in [2.05, 4.69) is 10.2 Å². The second-order valence-corrected chi connectivity index (χ2v) is 7.56. The van der Waals surface area contributed by atoms with Crippen molar-refractivity contribution in [2.24, 2.45) is 0 Å². The molecule has 8 heteroatoms. The summed E-state index contributed by atoms with van der Waals surface area (Å²) in [5.41, 5.74) is 4.73. The molecule has 0 saturated carbocycles. The molecule has 33 heavy (non-hydrogen) atoms. The molecular weight excluding hydrogens is 422 g/mol. The monoisotopic (exact) mass is 449 g/mol. The highest BCUT2D eigenvalue weighted by molar-refractivity contribution is 5.92. The van der Waals surface area contributed by atoms with E-state index in [-0.39, 0.29) is 5.91 Å². The molecule has 1 aliphatic rings. The van der Waals surface area contributed by atoms with Gasteiger partial charge in [-0.1, -0.05) is 0 Å². The Labute approximate surface area is 192 Å². The summed E-state index contributed by atoms with van der Waals surface area (Å²) in [6.45, 7) is 1.11. The molecule has 0 atom stereocenters. The molecule has 0 radical (unpaired) electrons. The van der Waals surface area contributed by atoms with Crippen LogP contribution >= 0.6 is 0 Å². The minimum Gasteiger partial charge on any atom is -0.497 e. The van der Waals surface area contributed by atoms with Gasteiger partial charge in [-0.2, -0.15) is 5.10 Å². The maximum absolute atomic E-state index is 13.0. The Bertz CT molecular complexity index is 1140. The molecule has 0 fully saturated rings. The number of H-pyrrole nitrogens is 1. The van der Waals surface area contributed by atoms with Gasteiger partial charge in [0.1, 0.15) is 5.75 Å². The van der Waals surface area contributed by atoms with E-state index < -0.39 is 0 Å². The van der Waals surface area contributed by atoms with Crippen molar-refractivity contribution in [3.8, 4) is 34.3 Å². The van der Waals surface area contributed by atoms with Gasteiger partial charge in [0.25, 0.3) is 0 Å². The third-order valence-corrected chi connectivity index (χ3v) is 5.71. The Balaban J connectivity index is 1.53. The maximum atomic E-state index is 13.0. The van der Waals surface area contributed by atoms with E-state index >= 15 is 0 Å². The standard InChI is InChI=1S/C25H27N3O5/c1-30-18-8-6-17(7-9-18)24-19-15-28(12-11-20(19)26-27-24)23(29)10-5-16-13-21(31-2)25(33-4)22(14-16)32-3/h5-10,13-14H,11-12,15H2,1-4H3,(H,26,27)/b10-5+. The summed E-state index contributed by atoms with van der Waals surface area (Å²) in [4.78, 5) is 14.8. The number of aromatic nitrogens is 2. The van der Waals surface area contributed by atoms with Gasteiger partial charge in [-0.3, -0.25) is 9.89 Å². The van der Waals surface area contributed by atoms with Gasteiger partial charge < -0.3 is 23.8 Å². The van der Waals surface area contributed by atoms with Crippen molar-refractivity contribution in [2.45, 2.75) is 13.0 Å². The van der Waals surface area contributed by atoms with Crippen LogP contribution in [0.2, 0.25) is 0 Å². The second kappa shape index (κ2) is 9.68. The molecule has 2 aromatic carbocycles. The number of hydrogen-bond acceptors (Lipinski definition) is 6. The van der Waals surface area contributed by atoms with E-state index in [4.69, 9.17) is 18.9 Å². The number of hydrogen-bond donors (Lipinski definition) is 1. The number of nitrogens with one attached hydrogen (secondary N) is 1. The maximum Gasteiger partial charge on any atom is 0.246 e. The molecule has 0 spiro atoms. The zero-order valence-corrected chi connectivity index (χ0v) is 19.2. The number of carbonyl (C=O) groups is 1. The molecule has 4 rings (SSSR count). The van der Waals surface area contributed by atoms with E-state index in [0.717, 1.165) is 40.2 Å². The molecule has 0 unspecified atom stereocenters. The lowest BCUT2D eigenvalue weighted by Crippen LogP contribution is -2.34. The van der Waals surface area contributed by atoms with Gasteiger partial charge in [-0.25, -0.2) is 0 Å². The summed E-state index contributed by atoms with van der Waals surface area (Å²) in [5, 5.41) is 7.63. The summed E-state index contributed by atoms with van der Waals surface area (Å²) in [6.07, 6.45) is 4.04. The van der Waals surface area contributed by atoms with Crippen LogP contribution < -0.4 is 18.9 Å². The number of amides is 1. The number of methoxy groups -OCH3 is 4. The molecule has 0 bridgehead atoms. The number of nitrogens with zero attached hydrogens (tertiary/aromatic N) is 2. The largest absolute Gasteiger partial charge is 0.497 e. The van der Waals surface area contributed by atoms with Crippen molar-refractivity contribution in [3.05, 3.63) is 59.3 Å². The molecule has 8 nitrogen and oxygen atoms in total. The van der Waals surface area contributed by atoms with Crippen LogP contribution in [0.25, 0.3) is 17.3 Å². The van der Waals surface area contributed by atoms with Gasteiger partial charge in [-0.05, 0) is 48.0 Å². The van der Waals surface area contributed by atoms with Crippen LogP contribution in [0.4, 0.5) is 0 Å². The first-order valence-electron chi connectivity index (χ1n) is 10.6. The van der Waals surface area contributed by atoms with Crippen LogP contribution in [0.15, 0.2) is 42.5 Å². The molecule has 1 amide bonds. The summed E-state index contributed by atoms with van der Waals surface area (Å²) >= 11 is 0. The van der Waals surface area contributed by atoms with Gasteiger partial charge in [0.15, 0.2) is 11.5 Å². The molecule has 2 heterocycles. The Morgan fingerprint density at radius 3 is 2.30 bits per heavy atom. The van der Waals surface area contributed by atoms with E-state index in [9.17, 15) is 4.79 Å². The first-order chi connectivity index (χ1) is 16.1. The van der Waals surface area contributed by atoms with Crippen molar-refractivity contribution < 1.29 is 23.7 Å². The lowest BCUT2D eigenvalue weighted by Gasteiger charge is -2.26. The average molecular weight is 450 g/mol. The molecular formula is C25H27N3O5. The number of benzene rings is 2. The molecule has 0 saturated heterocycles. The lowest BCUT2D eigenvalue weighted by molar-refractivity contribution is -0.126. The molecule has 1 aromatic heterocycles. The summed E-state index contributed by atoms with van der Waals surface area (Å²) in [6, 6.07) is 11.4. The number of ether oxygens (including phenoxy) is 4. The summed E-state index contributed by atoms with van der Waals surface area (Å²) < 4.78 is 21.4. The Morgan fingerprint density at radius 2 is 1.70 bits per heavy atom. The number of aromatic amines is 1. The van der Waals surface area contributed by atoms with Crippen molar-refractivity contribution in [1.82, 2.24) is 15.1 Å². The highest BCUT2D eigenvalue weighted by Crippen LogP contribution is 2.38. The van der Waals surface area contributed by atoms with E-state index in [1.54, 1.807) is 52.7 Å². The molecule has 0 aliphatic carbocycles. The highest BCUT2D eigenvalue weighted by atomic mass is 16.5. The summed E-state index contributed by atoms with van der Waals surface area (Å²) in [5.74, 6) is 2.30. The Morgan fingerprint density at radius 1 is 1.00 bits per heavy atom. The third kappa shape index (κ3) is 4.50. The topological polar surface area (TPSA) is 85.9 Å². The zero-order valence-electron chi connectivity index (χ0n) is 19.2. The van der Waals surface area contributed by atoms with Crippen LogP contribution in [0.3, 0.4) is 0 Å². The van der Waals surface area contributed by atoms with Gasteiger partial charge >= 0.3 is 0 Å². The SMILES string of the molecule is COc1ccc(-c2n[nH]c3c2CN(C(=O)/C=C/c2cc(OC)c(OC)c(OC)c2)CC3)cc1. The predicted octanol–water partition coefficient (Wildman–Crippen LogP) is 3.71. The second-order valence-electron chi connectivity index (χ2n) is 7.56. The fraction of sp³-hybridized carbons (Fsp3) is 0.280. The highest BCUT2D eigenvalue weighted by Gasteiger charge is 2.25. The Kier molecular flexibility index (Phi) is 6.53. The smallest absolute Gasteiger partial charge is 0.246 e. The van der Waals surface area contributed by atoms with Gasteiger partial charge in [0, 0.05) is 42.4 Å². The van der Waals surface area contributed by atoms with E-state index in [1.165, 1.54) is 0 Å². The van der Waals surface area contributed by atoms with Crippen LogP contribution in [0.5, 0.6) is 23.0 Å². The quantitative estimate of drug-likeness (QED) is 0.554. The fourth-order valence-corrected chi connectivity index (χ4v) is 3.94. The predicted molar refractivity (Wildman–Crippen MR) is 125 cm³/mol. The lowest BCUT2D eigenvalue weighted by atomic mass is 10.0. The first-order valence-corrected chi connectivity index (χ1v) is 10.6. The molecule has 3 aromatic rings. The van der Waals surface area contributed by atoms with Crippen molar-refractivity contribution in [3.63, 3.8) is 0 Å². The van der Waals surface area contributed by atoms with Gasteiger partial charge in [0.2, 0.25) is 11.7 Å². The van der Waals surface area contributed by atoms with Gasteiger partial charge in [-0.15, -0.1) is 0 Å². The van der Waals surface area contributed by atoms with Crippen LogP contribution in [-0.4, -0.2) is 56.0 Å². The van der Waals surface area contributed by atoms with E-state index in [0.29, 0.717) is 30.3 Å². The van der Waals surface area contributed by atoms with E-state index in [1.807, 2.05) is 29.2 Å². The van der Waals surface area contributed by atoms with Gasteiger partial charge in [0.05, 0.1) is 34.1 Å². The third-order valence-electron chi connectivity index (χ3n) is 5.71. The summed E-state index contributed by atoms with van der Waals surface area (Å²) in [7, 11) is 6.32. The van der Waals surface area contributed by atoms with Crippen LogP contribution in [0, 0.1) is 0 Å². The van der Waals surface area contributed by atoms with Crippen LogP contribution in [-0.2, 0) is 17.8 Å². The average Bonchev–Trinajstić information content (AvgIpc) is 3.29. The normalized spacial score (nSPS) is 13.0. The van der Waals surface area contributed by atoms with Crippen molar-refractivity contribution >= 4 is 12.0 Å². The number of rotatable bonds is 7. The molecule has 1 N–H and O–H groups in total. The van der Waals surface area contributed by atoms with Crippen molar-refractivity contribution in [2.75, 3.05) is 35.0 Å². The van der Waals surface area contributed by atoms with Crippen LogP contribution in [0.1, 0.15) is 16.8 Å². The molecule has 1 aliphatic heterocycles. The number of carbonyl (C=O) groups excluding carboxylic acids is 1. The minimum atomic E-state index is -0.0729. The number of fused-ring (bicyclic) bond motifs is 1. The minimum absolute atomic E-state index is 0.0729.